The summed E-state index contributed by atoms with van der Waals surface area (Å²) in [4.78, 5) is 305. The van der Waals surface area contributed by atoms with Crippen LogP contribution in [-0.2, 0) is 136 Å². The Kier molecular flexibility index (Phi) is 45.6. The first-order valence-electron chi connectivity index (χ1n) is 42.8. The molecule has 1 aromatic heterocycles. The summed E-state index contributed by atoms with van der Waals surface area (Å²) in [7, 11) is 0. The lowest BCUT2D eigenvalue weighted by Gasteiger charge is -2.46. The first kappa shape index (κ1) is 114. The Morgan fingerprint density at radius 1 is 0.478 bits per heavy atom. The van der Waals surface area contributed by atoms with Gasteiger partial charge in [-0.25, -0.2) is 9.78 Å². The number of nitrogens with one attached hydrogen (secondary N) is 16. The first-order valence-corrected chi connectivity index (χ1v) is 42.8. The molecular formula is C80H125N19O35. The first-order chi connectivity index (χ1) is 62.7. The van der Waals surface area contributed by atoms with E-state index in [4.69, 9.17) is 23.7 Å². The highest BCUT2D eigenvalue weighted by atomic mass is 16.7. The number of carboxylic acid groups (broad SMARTS) is 2. The molecule has 17 amide bonds. The van der Waals surface area contributed by atoms with E-state index in [1.54, 1.807) is 13.8 Å². The number of aromatic amines is 1. The zero-order valence-corrected chi connectivity index (χ0v) is 76.5. The molecule has 134 heavy (non-hydrogen) atoms. The second-order valence-electron chi connectivity index (χ2n) is 33.0. The molecule has 0 aromatic carbocycles. The molecule has 54 heteroatoms. The number of hydrogen-bond acceptors (Lipinski definition) is 34. The molecule has 0 radical (unpaired) electrons. The van der Waals surface area contributed by atoms with Crippen LogP contribution in [0.25, 0.3) is 0 Å². The van der Waals surface area contributed by atoms with Gasteiger partial charge < -0.3 is 159 Å². The molecule has 0 saturated carbocycles. The number of aliphatic hydroxyl groups excluding tert-OH is 6. The van der Waals surface area contributed by atoms with Gasteiger partial charge in [0.05, 0.1) is 69.2 Å². The molecule has 24 atom stereocenters. The molecule has 4 rings (SSSR count). The lowest BCUT2D eigenvalue weighted by Crippen LogP contribution is -2.68. The summed E-state index contributed by atoms with van der Waals surface area (Å²) in [6.07, 6.45) is -12.6. The third-order valence-corrected chi connectivity index (χ3v) is 20.9. The van der Waals surface area contributed by atoms with Crippen molar-refractivity contribution in [2.45, 2.75) is 294 Å². The smallest absolute Gasteiger partial charge is 0.326 e. The number of esters is 3. The molecule has 0 aliphatic carbocycles. The Morgan fingerprint density at radius 2 is 0.925 bits per heavy atom. The van der Waals surface area contributed by atoms with E-state index in [1.807, 2.05) is 10.6 Å². The number of carbonyl (C=O) groups excluding carboxylic acids is 20. The summed E-state index contributed by atoms with van der Waals surface area (Å²) in [6.45, 7) is 12.5. The third kappa shape index (κ3) is 35.0. The number of aromatic nitrogens is 2. The van der Waals surface area contributed by atoms with Gasteiger partial charge in [0.25, 0.3) is 0 Å². The fourth-order valence-electron chi connectivity index (χ4n) is 14.2. The van der Waals surface area contributed by atoms with Crippen molar-refractivity contribution in [3.05, 3.63) is 18.2 Å². The summed E-state index contributed by atoms with van der Waals surface area (Å²) >= 11 is 0. The molecule has 4 heterocycles. The molecule has 0 bridgehead atoms. The molecular weight excluding hydrogens is 1790 g/mol. The molecule has 750 valence electrons. The van der Waals surface area contributed by atoms with Crippen LogP contribution in [0.15, 0.2) is 12.5 Å². The third-order valence-electron chi connectivity index (χ3n) is 20.9. The lowest BCUT2D eigenvalue weighted by atomic mass is 9.95. The molecule has 3 aliphatic rings. The van der Waals surface area contributed by atoms with Crippen LogP contribution in [0.4, 0.5) is 0 Å². The van der Waals surface area contributed by atoms with Gasteiger partial charge in [0.1, 0.15) is 109 Å². The number of H-pyrrole nitrogens is 1. The van der Waals surface area contributed by atoms with Crippen LogP contribution in [0.3, 0.4) is 0 Å². The maximum Gasteiger partial charge on any atom is 0.326 e. The van der Waals surface area contributed by atoms with Gasteiger partial charge >= 0.3 is 29.8 Å². The van der Waals surface area contributed by atoms with E-state index < -0.39 is 328 Å². The van der Waals surface area contributed by atoms with Crippen molar-refractivity contribution in [3.8, 4) is 0 Å². The molecule has 54 nitrogen and oxygen atoms in total. The van der Waals surface area contributed by atoms with Gasteiger partial charge in [-0.2, -0.15) is 0 Å². The largest absolute Gasteiger partial charge is 0.481 e. The van der Waals surface area contributed by atoms with Gasteiger partial charge in [0, 0.05) is 60.3 Å². The number of aliphatic carboxylic acids is 2. The summed E-state index contributed by atoms with van der Waals surface area (Å²) < 4.78 is 29.1. The topological polar surface area (TPSA) is 799 Å². The van der Waals surface area contributed by atoms with Crippen LogP contribution in [0, 0.1) is 11.8 Å². The van der Waals surface area contributed by atoms with Crippen LogP contribution in [-0.4, -0.2) is 383 Å². The second kappa shape index (κ2) is 53.8. The number of carbonyl (C=O) groups is 22. The predicted molar refractivity (Wildman–Crippen MR) is 452 cm³/mol. The number of rotatable bonds is 51. The quantitative estimate of drug-likeness (QED) is 0.0213. The van der Waals surface area contributed by atoms with Crippen molar-refractivity contribution < 1.29 is 170 Å². The fraction of sp³-hybridized carbons (Fsp3) is 0.688. The second-order valence-corrected chi connectivity index (χ2v) is 33.0. The number of nitrogens with zero attached hydrogens (tertiary/aromatic N) is 3. The van der Waals surface area contributed by atoms with E-state index in [2.05, 4.69) is 79.1 Å². The number of imidazole rings is 1. The van der Waals surface area contributed by atoms with Crippen LogP contribution in [0.2, 0.25) is 0 Å². The number of carboxylic acids is 2. The van der Waals surface area contributed by atoms with Gasteiger partial charge in [-0.15, -0.1) is 0 Å². The maximum absolute atomic E-state index is 15.7. The van der Waals surface area contributed by atoms with Crippen molar-refractivity contribution in [2.24, 2.45) is 11.8 Å². The summed E-state index contributed by atoms with van der Waals surface area (Å²) in [5.41, 5.74) is 0.113. The van der Waals surface area contributed by atoms with Crippen molar-refractivity contribution >= 4 is 130 Å². The Hall–Kier alpha value is -12.8. The van der Waals surface area contributed by atoms with Gasteiger partial charge in [-0.3, -0.25) is 101 Å². The SMILES string of the molecule is CC(=O)N[C@H]1[C@@H](O[C@H](C)[C@H](NC(=O)[C@H](C)NC(=O)[C@H](Cc2c[nH]cn2)NC(=O)CNC(=O)[C@@H](NC(=O)[C@H](CO)NC(=O)[C@H](C)NC(=O)[C@H](CO)NC(=O)[C@H](CO)NC(=O)[C@@H](NC(C)=O)[C@@H](C)O)[C@@H](C)O)C(=O)N2CCC[C@H]2C(=O)N[C@@H](CC(C)C)C(=O)N2CCC[C@H]2C(=O)N[C@H](C(=O)N[C@H](C(=O)N[C@@H](CC(=O)O)C(=O)O)[C@@H](C)O)C(C)C)O[C@H](COC(C)=O)[C@H](OC(C)=O)[C@@H]1OC(C)=O. The Morgan fingerprint density at radius 3 is 1.40 bits per heavy atom. The number of aliphatic hydroxyl groups is 6. The average Bonchev–Trinajstić information content (AvgIpc) is 1.28. The summed E-state index contributed by atoms with van der Waals surface area (Å²) in [6, 6.07) is -27.7. The van der Waals surface area contributed by atoms with E-state index in [9.17, 15) is 137 Å². The van der Waals surface area contributed by atoms with Crippen molar-refractivity contribution in [2.75, 3.05) is 46.1 Å². The number of amides is 17. The van der Waals surface area contributed by atoms with Crippen LogP contribution in [0.5, 0.6) is 0 Å². The Balaban J connectivity index is 1.64. The van der Waals surface area contributed by atoms with Crippen LogP contribution in [0.1, 0.15) is 148 Å². The summed E-state index contributed by atoms with van der Waals surface area (Å²) in [5.74, 6) is -25.9. The fourth-order valence-corrected chi connectivity index (χ4v) is 14.2. The number of likely N-dealkylation sites (tertiary alicyclic amines) is 2. The normalized spacial score (nSPS) is 20.7. The highest BCUT2D eigenvalue weighted by Crippen LogP contribution is 2.31. The summed E-state index contributed by atoms with van der Waals surface area (Å²) in [5, 5.41) is 114. The zero-order valence-electron chi connectivity index (χ0n) is 76.5. The van der Waals surface area contributed by atoms with Crippen LogP contribution < -0.4 is 79.8 Å². The van der Waals surface area contributed by atoms with Crippen molar-refractivity contribution in [1.29, 1.82) is 0 Å². The van der Waals surface area contributed by atoms with Gasteiger partial charge in [0.2, 0.25) is 100 Å². The molecule has 3 saturated heterocycles. The standard InChI is InChI=1S/C80H125N19O35/c1-32(2)22-47(77(126)98-20-16-19-53(98)72(121)94-57(33(3)4)74(123)96-60(38(9)105)76(125)90-48(79(128)129)24-56(112)113)89-71(120)52-18-17-21-99(52)78(127)61(39(10)131-80-62(87-41(12)107)64(133-44(15)110)63(132-43(14)109)54(134-80)30-130-42(13)108)97-66(115)35(6)84-67(116)46(23-45-25-81-31-83-45)88-55(111)26-82-73(122)58(36(7)103)95-70(119)51(29-102)91-65(114)34(5)85-68(117)49(27-100)92-69(118)50(28-101)93-75(124)59(37(8)104)86-40(11)106/h25,31-39,46-54,57-64,80,100-105H,16-24,26-30H2,1-15H3,(H,81,83)(H,82,122)(H,84,116)(H,85,117)(H,86,106)(H,87,107)(H,88,111)(H,89,120)(H,90,125)(H,91,114)(H,92,118)(H,93,124)(H,94,121)(H,95,119)(H,96,123)(H,97,115)(H,112,113)(H,128,129)/t34-,35-,36+,37+,38+,39+,46-,47-,48-,49-,50-,51-,52-,53-,54+,57-,58-,59-,60-,61-,62+,63-,64+,80-/m0/s1. The molecule has 3 fully saturated rings. The van der Waals surface area contributed by atoms with E-state index in [0.717, 1.165) is 74.1 Å². The number of ether oxygens (including phenoxy) is 5. The molecule has 24 N–H and O–H groups in total. The highest BCUT2D eigenvalue weighted by molar-refractivity contribution is 6.01. The average molecular weight is 1910 g/mol. The Bertz CT molecular complexity index is 4340. The minimum atomic E-state index is -2.04. The van der Waals surface area contributed by atoms with Crippen molar-refractivity contribution in [1.82, 2.24) is 99.5 Å². The van der Waals surface area contributed by atoms with E-state index in [-0.39, 0.29) is 56.8 Å². The lowest BCUT2D eigenvalue weighted by molar-refractivity contribution is -0.287. The van der Waals surface area contributed by atoms with E-state index >= 15 is 9.59 Å². The highest BCUT2D eigenvalue weighted by Gasteiger charge is 2.54. The molecule has 1 aromatic rings. The minimum Gasteiger partial charge on any atom is -0.481 e. The van der Waals surface area contributed by atoms with Gasteiger partial charge in [0.15, 0.2) is 18.5 Å². The number of hydrogen-bond donors (Lipinski definition) is 24. The van der Waals surface area contributed by atoms with Crippen LogP contribution >= 0.6 is 0 Å². The monoisotopic (exact) mass is 1910 g/mol. The molecule has 0 spiro atoms. The zero-order chi connectivity index (χ0) is 101. The maximum atomic E-state index is 15.7. The molecule has 0 unspecified atom stereocenters. The van der Waals surface area contributed by atoms with Gasteiger partial charge in [-0.05, 0) is 85.5 Å². The van der Waals surface area contributed by atoms with Gasteiger partial charge in [-0.1, -0.05) is 27.7 Å². The predicted octanol–water partition coefficient (Wildman–Crippen LogP) is -12.1. The minimum absolute atomic E-state index is 0.0172. The Labute approximate surface area is 767 Å². The van der Waals surface area contributed by atoms with E-state index in [0.29, 0.717) is 0 Å². The molecule has 3 aliphatic heterocycles. The van der Waals surface area contributed by atoms with Crippen molar-refractivity contribution in [3.63, 3.8) is 0 Å². The van der Waals surface area contributed by atoms with E-state index in [1.165, 1.54) is 38.2 Å².